The molecule has 92 valence electrons. The lowest BCUT2D eigenvalue weighted by Crippen LogP contribution is -2.26. The van der Waals surface area contributed by atoms with Crippen molar-refractivity contribution in [3.63, 3.8) is 0 Å². The van der Waals surface area contributed by atoms with Crippen molar-refractivity contribution < 1.29 is 9.90 Å². The quantitative estimate of drug-likeness (QED) is 0.908. The smallest absolute Gasteiger partial charge is 0.338 e. The van der Waals surface area contributed by atoms with Crippen LogP contribution < -0.4 is 4.90 Å². The van der Waals surface area contributed by atoms with E-state index >= 15 is 0 Å². The molecule has 0 atom stereocenters. The Bertz CT molecular complexity index is 412. The van der Waals surface area contributed by atoms with Crippen LogP contribution in [0.2, 0.25) is 0 Å². The largest absolute Gasteiger partial charge is 0.478 e. The van der Waals surface area contributed by atoms with Crippen LogP contribution in [0.25, 0.3) is 0 Å². The van der Waals surface area contributed by atoms with Crippen molar-refractivity contribution in [2.24, 2.45) is 0 Å². The van der Waals surface area contributed by atoms with E-state index < -0.39 is 5.97 Å². The summed E-state index contributed by atoms with van der Waals surface area (Å²) in [5.41, 5.74) is 1.23. The van der Waals surface area contributed by atoms with E-state index in [4.69, 9.17) is 0 Å². The van der Waals surface area contributed by atoms with Crippen LogP contribution in [0.1, 0.15) is 36.0 Å². The number of carbonyl (C=O) groups is 1. The van der Waals surface area contributed by atoms with Gasteiger partial charge in [-0.15, -0.1) is 0 Å². The lowest BCUT2D eigenvalue weighted by atomic mass is 10.1. The molecular formula is C13H16BrNO2. The van der Waals surface area contributed by atoms with Crippen molar-refractivity contribution in [1.29, 1.82) is 0 Å². The summed E-state index contributed by atoms with van der Waals surface area (Å²) < 4.78 is 0.659. The predicted molar refractivity (Wildman–Crippen MR) is 71.8 cm³/mol. The van der Waals surface area contributed by atoms with Crippen molar-refractivity contribution >= 4 is 27.6 Å². The van der Waals surface area contributed by atoms with Gasteiger partial charge in [-0.2, -0.15) is 0 Å². The van der Waals surface area contributed by atoms with E-state index in [0.717, 1.165) is 31.6 Å². The van der Waals surface area contributed by atoms with Crippen LogP contribution in [0.3, 0.4) is 0 Å². The molecule has 0 aromatic heterocycles. The Balaban J connectivity index is 2.36. The lowest BCUT2D eigenvalue weighted by Gasteiger charge is -2.24. The number of halogens is 1. The standard InChI is InChI=1S/C13H16BrNO2/c14-10-6-5-7-11(12(10)13(16)17)15-8-3-1-2-4-9-15/h5-7H,1-4,8-9H2,(H,16,17). The molecule has 0 aliphatic carbocycles. The zero-order valence-corrected chi connectivity index (χ0v) is 11.2. The first-order valence-corrected chi connectivity index (χ1v) is 6.76. The monoisotopic (exact) mass is 297 g/mol. The average Bonchev–Trinajstić information content (AvgIpc) is 2.56. The normalized spacial score (nSPS) is 16.6. The minimum Gasteiger partial charge on any atom is -0.478 e. The van der Waals surface area contributed by atoms with Gasteiger partial charge in [0, 0.05) is 17.6 Å². The number of nitrogens with zero attached hydrogens (tertiary/aromatic N) is 1. The predicted octanol–water partition coefficient (Wildman–Crippen LogP) is 3.53. The molecule has 0 spiro atoms. The molecule has 0 radical (unpaired) electrons. The Morgan fingerprint density at radius 3 is 2.41 bits per heavy atom. The molecule has 1 saturated heterocycles. The second-order valence-electron chi connectivity index (χ2n) is 4.34. The zero-order valence-electron chi connectivity index (χ0n) is 9.66. The molecule has 2 rings (SSSR count). The number of hydrogen-bond donors (Lipinski definition) is 1. The summed E-state index contributed by atoms with van der Waals surface area (Å²) in [7, 11) is 0. The summed E-state index contributed by atoms with van der Waals surface area (Å²) >= 11 is 3.33. The summed E-state index contributed by atoms with van der Waals surface area (Å²) in [5, 5.41) is 9.29. The summed E-state index contributed by atoms with van der Waals surface area (Å²) in [6.45, 7) is 1.91. The number of aromatic carboxylic acids is 1. The average molecular weight is 298 g/mol. The van der Waals surface area contributed by atoms with Crippen LogP contribution in [0, 0.1) is 0 Å². The molecule has 1 aliphatic heterocycles. The van der Waals surface area contributed by atoms with Gasteiger partial charge in [0.1, 0.15) is 0 Å². The van der Waals surface area contributed by atoms with Crippen LogP contribution in [-0.4, -0.2) is 24.2 Å². The number of hydrogen-bond acceptors (Lipinski definition) is 2. The van der Waals surface area contributed by atoms with Gasteiger partial charge < -0.3 is 10.0 Å². The van der Waals surface area contributed by atoms with Gasteiger partial charge in [0.05, 0.1) is 11.3 Å². The van der Waals surface area contributed by atoms with E-state index in [0.29, 0.717) is 10.0 Å². The number of benzene rings is 1. The fourth-order valence-electron chi connectivity index (χ4n) is 2.30. The van der Waals surface area contributed by atoms with Gasteiger partial charge in [-0.3, -0.25) is 0 Å². The van der Waals surface area contributed by atoms with Gasteiger partial charge in [0.25, 0.3) is 0 Å². The first-order chi connectivity index (χ1) is 8.20. The Morgan fingerprint density at radius 2 is 1.82 bits per heavy atom. The van der Waals surface area contributed by atoms with E-state index in [2.05, 4.69) is 20.8 Å². The van der Waals surface area contributed by atoms with Gasteiger partial charge in [0.15, 0.2) is 0 Å². The fraction of sp³-hybridized carbons (Fsp3) is 0.462. The van der Waals surface area contributed by atoms with Crippen molar-refractivity contribution in [2.45, 2.75) is 25.7 Å². The second kappa shape index (κ2) is 5.54. The van der Waals surface area contributed by atoms with E-state index in [9.17, 15) is 9.90 Å². The molecule has 4 heteroatoms. The highest BCUT2D eigenvalue weighted by Gasteiger charge is 2.19. The Labute approximate surface area is 110 Å². The maximum Gasteiger partial charge on any atom is 0.338 e. The third kappa shape index (κ3) is 2.80. The molecular weight excluding hydrogens is 282 g/mol. The third-order valence-corrected chi connectivity index (χ3v) is 3.81. The van der Waals surface area contributed by atoms with Gasteiger partial charge in [-0.1, -0.05) is 18.9 Å². The maximum atomic E-state index is 11.3. The fourth-order valence-corrected chi connectivity index (χ4v) is 2.82. The number of carboxylic acid groups (broad SMARTS) is 1. The topological polar surface area (TPSA) is 40.5 Å². The van der Waals surface area contributed by atoms with Crippen molar-refractivity contribution in [2.75, 3.05) is 18.0 Å². The molecule has 0 amide bonds. The minimum absolute atomic E-state index is 0.384. The van der Waals surface area contributed by atoms with Crippen molar-refractivity contribution in [3.8, 4) is 0 Å². The van der Waals surface area contributed by atoms with Gasteiger partial charge in [0.2, 0.25) is 0 Å². The van der Waals surface area contributed by atoms with Crippen LogP contribution in [-0.2, 0) is 0 Å². The van der Waals surface area contributed by atoms with E-state index in [1.807, 2.05) is 12.1 Å². The first kappa shape index (κ1) is 12.4. The van der Waals surface area contributed by atoms with E-state index in [1.165, 1.54) is 12.8 Å². The number of anilines is 1. The summed E-state index contributed by atoms with van der Waals surface area (Å²) in [6.07, 6.45) is 4.77. The number of rotatable bonds is 2. The van der Waals surface area contributed by atoms with E-state index in [-0.39, 0.29) is 0 Å². The zero-order chi connectivity index (χ0) is 12.3. The van der Waals surface area contributed by atoms with Crippen LogP contribution >= 0.6 is 15.9 Å². The van der Waals surface area contributed by atoms with Gasteiger partial charge in [-0.05, 0) is 40.9 Å². The molecule has 0 bridgehead atoms. The minimum atomic E-state index is -0.864. The number of carboxylic acids is 1. The Hall–Kier alpha value is -1.03. The highest BCUT2D eigenvalue weighted by Crippen LogP contribution is 2.29. The first-order valence-electron chi connectivity index (χ1n) is 5.97. The van der Waals surface area contributed by atoms with Crippen LogP contribution in [0.4, 0.5) is 5.69 Å². The van der Waals surface area contributed by atoms with Gasteiger partial charge in [-0.25, -0.2) is 4.79 Å². The highest BCUT2D eigenvalue weighted by molar-refractivity contribution is 9.10. The van der Waals surface area contributed by atoms with E-state index in [1.54, 1.807) is 6.07 Å². The molecule has 1 fully saturated rings. The molecule has 17 heavy (non-hydrogen) atoms. The molecule has 0 saturated carbocycles. The third-order valence-electron chi connectivity index (χ3n) is 3.15. The Morgan fingerprint density at radius 1 is 1.18 bits per heavy atom. The van der Waals surface area contributed by atoms with Crippen LogP contribution in [0.15, 0.2) is 22.7 Å². The van der Waals surface area contributed by atoms with Crippen molar-refractivity contribution in [3.05, 3.63) is 28.2 Å². The molecule has 1 aromatic carbocycles. The second-order valence-corrected chi connectivity index (χ2v) is 5.19. The lowest BCUT2D eigenvalue weighted by molar-refractivity contribution is 0.0696. The molecule has 1 heterocycles. The molecule has 1 aromatic rings. The summed E-state index contributed by atoms with van der Waals surface area (Å²) in [4.78, 5) is 13.5. The summed E-state index contributed by atoms with van der Waals surface area (Å²) in [6, 6.07) is 5.58. The molecule has 3 nitrogen and oxygen atoms in total. The molecule has 0 unspecified atom stereocenters. The molecule has 1 aliphatic rings. The maximum absolute atomic E-state index is 11.3. The van der Waals surface area contributed by atoms with Crippen molar-refractivity contribution in [1.82, 2.24) is 0 Å². The SMILES string of the molecule is O=C(O)c1c(Br)cccc1N1CCCCCC1. The highest BCUT2D eigenvalue weighted by atomic mass is 79.9. The summed E-state index contributed by atoms with van der Waals surface area (Å²) in [5.74, 6) is -0.864. The van der Waals surface area contributed by atoms with Gasteiger partial charge >= 0.3 is 5.97 Å². The Kier molecular flexibility index (Phi) is 4.05. The van der Waals surface area contributed by atoms with Crippen LogP contribution in [0.5, 0.6) is 0 Å². The molecule has 1 N–H and O–H groups in total.